The Kier molecular flexibility index (Phi) is 2.32. The van der Waals surface area contributed by atoms with Gasteiger partial charge in [-0.3, -0.25) is 0 Å². The monoisotopic (exact) mass is 236 g/mol. The van der Waals surface area contributed by atoms with Crippen molar-refractivity contribution in [3.8, 4) is 0 Å². The first-order chi connectivity index (χ1) is 7.74. The standard InChI is InChI=1S/C11H13ClN4/c1-7-4-9(5-10(12)8-2-3-8)16-11(15-7)13-6-14-16/h4,6,8,10H,2-3,5H2,1H3. The van der Waals surface area contributed by atoms with Gasteiger partial charge >= 0.3 is 0 Å². The van der Waals surface area contributed by atoms with Gasteiger partial charge in [-0.05, 0) is 31.7 Å². The molecule has 1 atom stereocenters. The van der Waals surface area contributed by atoms with Gasteiger partial charge in [0.2, 0.25) is 0 Å². The molecule has 0 amide bonds. The zero-order chi connectivity index (χ0) is 11.1. The lowest BCUT2D eigenvalue weighted by Crippen LogP contribution is -2.11. The minimum absolute atomic E-state index is 0.217. The molecule has 1 unspecified atom stereocenters. The van der Waals surface area contributed by atoms with Crippen LogP contribution in [-0.2, 0) is 6.42 Å². The third-order valence-corrected chi connectivity index (χ3v) is 3.50. The Morgan fingerprint density at radius 1 is 1.56 bits per heavy atom. The summed E-state index contributed by atoms with van der Waals surface area (Å²) < 4.78 is 1.78. The minimum Gasteiger partial charge on any atom is -0.216 e. The summed E-state index contributed by atoms with van der Waals surface area (Å²) in [6.45, 7) is 1.97. The van der Waals surface area contributed by atoms with Crippen molar-refractivity contribution in [2.45, 2.75) is 31.6 Å². The lowest BCUT2D eigenvalue weighted by Gasteiger charge is -2.09. The first kappa shape index (κ1) is 10.0. The van der Waals surface area contributed by atoms with Crippen LogP contribution in [0.15, 0.2) is 12.4 Å². The second-order valence-electron chi connectivity index (χ2n) is 4.42. The average Bonchev–Trinajstić information content (AvgIpc) is 2.98. The van der Waals surface area contributed by atoms with E-state index in [4.69, 9.17) is 11.6 Å². The van der Waals surface area contributed by atoms with Gasteiger partial charge < -0.3 is 0 Å². The van der Waals surface area contributed by atoms with E-state index in [0.717, 1.165) is 17.8 Å². The molecular formula is C11H13ClN4. The Morgan fingerprint density at radius 3 is 3.12 bits per heavy atom. The number of aromatic nitrogens is 4. The van der Waals surface area contributed by atoms with Gasteiger partial charge in [0.25, 0.3) is 5.78 Å². The smallest absolute Gasteiger partial charge is 0.216 e. The van der Waals surface area contributed by atoms with Crippen LogP contribution in [-0.4, -0.2) is 25.0 Å². The highest BCUT2D eigenvalue weighted by Crippen LogP contribution is 2.37. The zero-order valence-electron chi connectivity index (χ0n) is 9.10. The largest absolute Gasteiger partial charge is 0.252 e. The number of nitrogens with zero attached hydrogens (tertiary/aromatic N) is 4. The van der Waals surface area contributed by atoms with Crippen molar-refractivity contribution in [3.05, 3.63) is 23.8 Å². The van der Waals surface area contributed by atoms with Gasteiger partial charge in [-0.15, -0.1) is 11.6 Å². The van der Waals surface area contributed by atoms with E-state index in [1.807, 2.05) is 13.0 Å². The van der Waals surface area contributed by atoms with Crippen LogP contribution in [0, 0.1) is 12.8 Å². The molecule has 1 aliphatic rings. The van der Waals surface area contributed by atoms with E-state index in [-0.39, 0.29) is 5.38 Å². The van der Waals surface area contributed by atoms with Crippen LogP contribution in [0.2, 0.25) is 0 Å². The van der Waals surface area contributed by atoms with Crippen LogP contribution >= 0.6 is 11.6 Å². The molecule has 0 bridgehead atoms. The van der Waals surface area contributed by atoms with Crippen LogP contribution in [0.1, 0.15) is 24.2 Å². The maximum atomic E-state index is 6.35. The quantitative estimate of drug-likeness (QED) is 0.766. The molecule has 3 rings (SSSR count). The van der Waals surface area contributed by atoms with E-state index in [0.29, 0.717) is 11.7 Å². The van der Waals surface area contributed by atoms with E-state index in [1.54, 1.807) is 4.52 Å². The molecule has 5 heteroatoms. The Balaban J connectivity index is 1.97. The van der Waals surface area contributed by atoms with Crippen molar-refractivity contribution >= 4 is 17.4 Å². The van der Waals surface area contributed by atoms with E-state index in [2.05, 4.69) is 15.1 Å². The lowest BCUT2D eigenvalue weighted by molar-refractivity contribution is 0.699. The molecule has 0 radical (unpaired) electrons. The molecule has 2 aromatic heterocycles. The van der Waals surface area contributed by atoms with Gasteiger partial charge in [0.15, 0.2) is 0 Å². The van der Waals surface area contributed by atoms with Crippen LogP contribution < -0.4 is 0 Å². The fourth-order valence-electron chi connectivity index (χ4n) is 1.98. The zero-order valence-corrected chi connectivity index (χ0v) is 9.85. The highest BCUT2D eigenvalue weighted by Gasteiger charge is 2.30. The Labute approximate surface area is 98.7 Å². The first-order valence-electron chi connectivity index (χ1n) is 5.54. The maximum absolute atomic E-state index is 6.35. The van der Waals surface area contributed by atoms with E-state index in [9.17, 15) is 0 Å². The van der Waals surface area contributed by atoms with E-state index >= 15 is 0 Å². The van der Waals surface area contributed by atoms with Gasteiger partial charge in [0.1, 0.15) is 6.33 Å². The normalized spacial score (nSPS) is 17.9. The van der Waals surface area contributed by atoms with Crippen LogP contribution in [0.3, 0.4) is 0 Å². The van der Waals surface area contributed by atoms with Gasteiger partial charge in [-0.1, -0.05) is 0 Å². The van der Waals surface area contributed by atoms with E-state index < -0.39 is 0 Å². The fourth-order valence-corrected chi connectivity index (χ4v) is 2.39. The Hall–Kier alpha value is -1.16. The number of aryl methyl sites for hydroxylation is 1. The number of hydrogen-bond acceptors (Lipinski definition) is 3. The molecule has 84 valence electrons. The molecule has 2 aromatic rings. The summed E-state index contributed by atoms with van der Waals surface area (Å²) in [6, 6.07) is 2.04. The summed E-state index contributed by atoms with van der Waals surface area (Å²) in [5, 5.41) is 4.39. The molecule has 4 nitrogen and oxygen atoms in total. The third-order valence-electron chi connectivity index (χ3n) is 2.99. The predicted molar refractivity (Wildman–Crippen MR) is 61.6 cm³/mol. The molecular weight excluding hydrogens is 224 g/mol. The summed E-state index contributed by atoms with van der Waals surface area (Å²) in [5.74, 6) is 1.35. The van der Waals surface area contributed by atoms with Crippen molar-refractivity contribution < 1.29 is 0 Å². The van der Waals surface area contributed by atoms with Crippen LogP contribution in [0.25, 0.3) is 5.78 Å². The molecule has 0 aliphatic heterocycles. The predicted octanol–water partition coefficient (Wildman–Crippen LogP) is 1.99. The highest BCUT2D eigenvalue weighted by molar-refractivity contribution is 6.21. The van der Waals surface area contributed by atoms with Crippen molar-refractivity contribution in [3.63, 3.8) is 0 Å². The molecule has 0 N–H and O–H groups in total. The summed E-state index contributed by atoms with van der Waals surface area (Å²) in [6.07, 6.45) is 4.90. The Morgan fingerprint density at radius 2 is 2.38 bits per heavy atom. The van der Waals surface area contributed by atoms with Gasteiger partial charge in [0, 0.05) is 23.2 Å². The average molecular weight is 237 g/mol. The second-order valence-corrected chi connectivity index (χ2v) is 4.98. The Bertz CT molecular complexity index is 518. The maximum Gasteiger partial charge on any atom is 0.252 e. The first-order valence-corrected chi connectivity index (χ1v) is 5.98. The molecule has 1 aliphatic carbocycles. The fraction of sp³-hybridized carbons (Fsp3) is 0.545. The van der Waals surface area contributed by atoms with Gasteiger partial charge in [-0.25, -0.2) is 9.50 Å². The molecule has 16 heavy (non-hydrogen) atoms. The van der Waals surface area contributed by atoms with Crippen molar-refractivity contribution in [2.24, 2.45) is 5.92 Å². The van der Waals surface area contributed by atoms with Crippen LogP contribution in [0.4, 0.5) is 0 Å². The lowest BCUT2D eigenvalue weighted by atomic mass is 10.1. The molecule has 0 aromatic carbocycles. The molecule has 1 fully saturated rings. The molecule has 0 saturated heterocycles. The number of hydrogen-bond donors (Lipinski definition) is 0. The summed E-state index contributed by atoms with van der Waals surface area (Å²) in [4.78, 5) is 8.42. The minimum atomic E-state index is 0.217. The van der Waals surface area contributed by atoms with Crippen molar-refractivity contribution in [1.82, 2.24) is 19.6 Å². The topological polar surface area (TPSA) is 43.1 Å². The summed E-state index contributed by atoms with van der Waals surface area (Å²) >= 11 is 6.35. The molecule has 1 saturated carbocycles. The van der Waals surface area contributed by atoms with Crippen LogP contribution in [0.5, 0.6) is 0 Å². The SMILES string of the molecule is Cc1cc(CC(Cl)C2CC2)n2ncnc2n1. The summed E-state index contributed by atoms with van der Waals surface area (Å²) in [5.41, 5.74) is 2.07. The van der Waals surface area contributed by atoms with Gasteiger partial charge in [-0.2, -0.15) is 10.1 Å². The highest BCUT2D eigenvalue weighted by atomic mass is 35.5. The number of rotatable bonds is 3. The number of fused-ring (bicyclic) bond motifs is 1. The van der Waals surface area contributed by atoms with Gasteiger partial charge in [0.05, 0.1) is 0 Å². The number of alkyl halides is 1. The van der Waals surface area contributed by atoms with Crippen molar-refractivity contribution in [1.29, 1.82) is 0 Å². The molecule has 2 heterocycles. The second kappa shape index (κ2) is 3.70. The number of halogens is 1. The van der Waals surface area contributed by atoms with E-state index in [1.165, 1.54) is 19.2 Å². The van der Waals surface area contributed by atoms with Crippen molar-refractivity contribution in [2.75, 3.05) is 0 Å². The third kappa shape index (κ3) is 1.78. The summed E-state index contributed by atoms with van der Waals surface area (Å²) in [7, 11) is 0. The molecule has 0 spiro atoms.